The largest absolute Gasteiger partial charge is 0.352 e. The highest BCUT2D eigenvalue weighted by Gasteiger charge is 2.08. The Labute approximate surface area is 141 Å². The molecule has 0 aliphatic heterocycles. The fraction of sp³-hybridized carbons (Fsp3) is 0.412. The molecular weight excluding hydrogens is 306 g/mol. The molecule has 0 aliphatic carbocycles. The molecule has 0 spiro atoms. The number of amides is 2. The summed E-state index contributed by atoms with van der Waals surface area (Å²) in [5.74, 6) is -0.128. The molecule has 7 heteroatoms. The predicted molar refractivity (Wildman–Crippen MR) is 90.1 cm³/mol. The summed E-state index contributed by atoms with van der Waals surface area (Å²) < 4.78 is 1.62. The molecule has 24 heavy (non-hydrogen) atoms. The lowest BCUT2D eigenvalue weighted by atomic mass is 10.1. The van der Waals surface area contributed by atoms with E-state index in [1.54, 1.807) is 23.1 Å². The lowest BCUT2D eigenvalue weighted by molar-refractivity contribution is -0.121. The highest BCUT2D eigenvalue weighted by molar-refractivity contribution is 5.94. The van der Waals surface area contributed by atoms with E-state index in [9.17, 15) is 9.59 Å². The lowest BCUT2D eigenvalue weighted by Crippen LogP contribution is -2.31. The summed E-state index contributed by atoms with van der Waals surface area (Å²) in [6, 6.07) is 7.40. The van der Waals surface area contributed by atoms with Crippen LogP contribution in [0, 0.1) is 0 Å². The van der Waals surface area contributed by atoms with Crippen LogP contribution in [0.1, 0.15) is 42.6 Å². The summed E-state index contributed by atoms with van der Waals surface area (Å²) >= 11 is 0. The second-order valence-corrected chi connectivity index (χ2v) is 5.66. The first-order valence-corrected chi connectivity index (χ1v) is 8.07. The SMILES string of the molecule is CCC(C)NC(=O)c1ccc(CNC(=O)CCn2cncn2)cc1. The van der Waals surface area contributed by atoms with Crippen LogP contribution in [0.25, 0.3) is 0 Å². The van der Waals surface area contributed by atoms with Crippen molar-refractivity contribution in [3.8, 4) is 0 Å². The van der Waals surface area contributed by atoms with Gasteiger partial charge in [0.15, 0.2) is 0 Å². The van der Waals surface area contributed by atoms with Crippen molar-refractivity contribution in [2.45, 2.75) is 45.8 Å². The quantitative estimate of drug-likeness (QED) is 0.768. The number of carbonyl (C=O) groups excluding carboxylic acids is 2. The summed E-state index contributed by atoms with van der Waals surface area (Å²) in [5, 5.41) is 9.72. The fourth-order valence-corrected chi connectivity index (χ4v) is 2.04. The van der Waals surface area contributed by atoms with Gasteiger partial charge in [-0.05, 0) is 31.0 Å². The van der Waals surface area contributed by atoms with Crippen molar-refractivity contribution in [1.29, 1.82) is 0 Å². The number of carbonyl (C=O) groups is 2. The lowest BCUT2D eigenvalue weighted by Gasteiger charge is -2.11. The monoisotopic (exact) mass is 329 g/mol. The molecule has 2 N–H and O–H groups in total. The smallest absolute Gasteiger partial charge is 0.251 e. The van der Waals surface area contributed by atoms with E-state index in [-0.39, 0.29) is 17.9 Å². The molecule has 2 amide bonds. The highest BCUT2D eigenvalue weighted by atomic mass is 16.2. The van der Waals surface area contributed by atoms with Crippen LogP contribution in [0.3, 0.4) is 0 Å². The number of aromatic nitrogens is 3. The Morgan fingerprint density at radius 2 is 2.00 bits per heavy atom. The van der Waals surface area contributed by atoms with Gasteiger partial charge in [0.05, 0.1) is 6.54 Å². The van der Waals surface area contributed by atoms with Crippen molar-refractivity contribution in [2.24, 2.45) is 0 Å². The van der Waals surface area contributed by atoms with Crippen LogP contribution in [-0.4, -0.2) is 32.6 Å². The van der Waals surface area contributed by atoms with Gasteiger partial charge in [-0.15, -0.1) is 0 Å². The number of nitrogens with one attached hydrogen (secondary N) is 2. The summed E-state index contributed by atoms with van der Waals surface area (Å²) in [7, 11) is 0. The number of nitrogens with zero attached hydrogens (tertiary/aromatic N) is 3. The minimum atomic E-state index is -0.0761. The molecule has 0 fully saturated rings. The van der Waals surface area contributed by atoms with Crippen molar-refractivity contribution in [3.63, 3.8) is 0 Å². The molecule has 0 aliphatic rings. The maximum absolute atomic E-state index is 12.0. The molecule has 0 bridgehead atoms. The van der Waals surface area contributed by atoms with Gasteiger partial charge in [-0.2, -0.15) is 5.10 Å². The van der Waals surface area contributed by atoms with Crippen LogP contribution in [0.2, 0.25) is 0 Å². The van der Waals surface area contributed by atoms with Gasteiger partial charge < -0.3 is 10.6 Å². The number of aryl methyl sites for hydroxylation is 1. The van der Waals surface area contributed by atoms with Crippen molar-refractivity contribution in [2.75, 3.05) is 0 Å². The van der Waals surface area contributed by atoms with Gasteiger partial charge in [-0.1, -0.05) is 19.1 Å². The maximum atomic E-state index is 12.0. The van der Waals surface area contributed by atoms with Crippen molar-refractivity contribution >= 4 is 11.8 Å². The molecule has 7 nitrogen and oxygen atoms in total. The standard InChI is InChI=1S/C17H23N5O2/c1-3-13(2)21-17(24)15-6-4-14(5-7-15)10-19-16(23)8-9-22-12-18-11-20-22/h4-7,11-13H,3,8-10H2,1-2H3,(H,19,23)(H,21,24). The van der Waals surface area contributed by atoms with E-state index in [0.29, 0.717) is 25.1 Å². The van der Waals surface area contributed by atoms with Crippen LogP contribution >= 0.6 is 0 Å². The van der Waals surface area contributed by atoms with E-state index in [1.807, 2.05) is 26.0 Å². The third-order valence-corrected chi connectivity index (χ3v) is 3.73. The zero-order valence-corrected chi connectivity index (χ0v) is 14.0. The molecule has 1 aromatic heterocycles. The average Bonchev–Trinajstić information content (AvgIpc) is 3.12. The molecule has 0 radical (unpaired) electrons. The number of hydrogen-bond donors (Lipinski definition) is 2. The van der Waals surface area contributed by atoms with Gasteiger partial charge in [0.1, 0.15) is 12.7 Å². The number of rotatable bonds is 8. The first-order valence-electron chi connectivity index (χ1n) is 8.07. The average molecular weight is 329 g/mol. The van der Waals surface area contributed by atoms with Gasteiger partial charge in [0.25, 0.3) is 5.91 Å². The third-order valence-electron chi connectivity index (χ3n) is 3.73. The second-order valence-electron chi connectivity index (χ2n) is 5.66. The first-order chi connectivity index (χ1) is 11.6. The minimum Gasteiger partial charge on any atom is -0.352 e. The Hall–Kier alpha value is -2.70. The minimum absolute atomic E-state index is 0.0518. The Bertz CT molecular complexity index is 652. The van der Waals surface area contributed by atoms with Crippen LogP contribution in [0.4, 0.5) is 0 Å². The number of hydrogen-bond acceptors (Lipinski definition) is 4. The summed E-state index contributed by atoms with van der Waals surface area (Å²) in [5.41, 5.74) is 1.57. The van der Waals surface area contributed by atoms with E-state index in [2.05, 4.69) is 20.7 Å². The highest BCUT2D eigenvalue weighted by Crippen LogP contribution is 2.05. The Morgan fingerprint density at radius 3 is 2.62 bits per heavy atom. The maximum Gasteiger partial charge on any atom is 0.251 e. The Morgan fingerprint density at radius 1 is 1.25 bits per heavy atom. The second kappa shape index (κ2) is 8.81. The van der Waals surface area contributed by atoms with Gasteiger partial charge in [0.2, 0.25) is 5.91 Å². The predicted octanol–water partition coefficient (Wildman–Crippen LogP) is 1.51. The molecule has 128 valence electrons. The topological polar surface area (TPSA) is 88.9 Å². The normalized spacial score (nSPS) is 11.8. The molecule has 0 saturated heterocycles. The fourth-order valence-electron chi connectivity index (χ4n) is 2.04. The van der Waals surface area contributed by atoms with Gasteiger partial charge in [0, 0.05) is 24.6 Å². The molecule has 1 atom stereocenters. The molecular formula is C17H23N5O2. The summed E-state index contributed by atoms with van der Waals surface area (Å²) in [6.45, 7) is 4.94. The van der Waals surface area contributed by atoms with E-state index in [4.69, 9.17) is 0 Å². The van der Waals surface area contributed by atoms with Crippen LogP contribution < -0.4 is 10.6 Å². The van der Waals surface area contributed by atoms with Crippen molar-refractivity contribution in [3.05, 3.63) is 48.0 Å². The van der Waals surface area contributed by atoms with E-state index in [0.717, 1.165) is 12.0 Å². The van der Waals surface area contributed by atoms with E-state index < -0.39 is 0 Å². The van der Waals surface area contributed by atoms with Crippen LogP contribution in [0.15, 0.2) is 36.9 Å². The number of benzene rings is 1. The molecule has 1 heterocycles. The Balaban J connectivity index is 1.76. The molecule has 1 aromatic carbocycles. The van der Waals surface area contributed by atoms with Crippen molar-refractivity contribution in [1.82, 2.24) is 25.4 Å². The van der Waals surface area contributed by atoms with Gasteiger partial charge in [-0.25, -0.2) is 4.98 Å². The van der Waals surface area contributed by atoms with Crippen LogP contribution in [-0.2, 0) is 17.9 Å². The zero-order chi connectivity index (χ0) is 17.4. The summed E-state index contributed by atoms with van der Waals surface area (Å²) in [4.78, 5) is 27.6. The molecule has 2 aromatic rings. The molecule has 1 unspecified atom stereocenters. The summed E-state index contributed by atoms with van der Waals surface area (Å²) in [6.07, 6.45) is 4.26. The zero-order valence-electron chi connectivity index (χ0n) is 14.0. The first kappa shape index (κ1) is 17.7. The molecule has 2 rings (SSSR count). The Kier molecular flexibility index (Phi) is 6.48. The van der Waals surface area contributed by atoms with Crippen LogP contribution in [0.5, 0.6) is 0 Å². The van der Waals surface area contributed by atoms with Gasteiger partial charge in [-0.3, -0.25) is 14.3 Å². The van der Waals surface area contributed by atoms with Crippen molar-refractivity contribution < 1.29 is 9.59 Å². The van der Waals surface area contributed by atoms with Gasteiger partial charge >= 0.3 is 0 Å². The molecule has 0 saturated carbocycles. The van der Waals surface area contributed by atoms with E-state index in [1.165, 1.54) is 6.33 Å². The third kappa shape index (κ3) is 5.49. The van der Waals surface area contributed by atoms with E-state index >= 15 is 0 Å².